The number of piperidine rings is 1. The van der Waals surface area contributed by atoms with Crippen molar-refractivity contribution in [1.82, 2.24) is 25.0 Å². The van der Waals surface area contributed by atoms with Crippen molar-refractivity contribution >= 4 is 29.3 Å². The zero-order valence-corrected chi connectivity index (χ0v) is 20.7. The number of hydrogen-bond acceptors (Lipinski definition) is 7. The van der Waals surface area contributed by atoms with Crippen LogP contribution in [0.15, 0.2) is 48.7 Å². The third-order valence-corrected chi connectivity index (χ3v) is 6.55. The highest BCUT2D eigenvalue weighted by Crippen LogP contribution is 2.29. The molecule has 4 aromatic rings. The highest BCUT2D eigenvalue weighted by molar-refractivity contribution is 5.85. The quantitative estimate of drug-likeness (QED) is 0.387. The van der Waals surface area contributed by atoms with E-state index in [1.165, 1.54) is 0 Å². The van der Waals surface area contributed by atoms with Crippen LogP contribution in [0, 0.1) is 24.2 Å². The van der Waals surface area contributed by atoms with Gasteiger partial charge in [0.05, 0.1) is 17.8 Å². The lowest BCUT2D eigenvalue weighted by Crippen LogP contribution is -2.34. The predicted octanol–water partition coefficient (Wildman–Crippen LogP) is 4.71. The molecular weight excluding hydrogens is 462 g/mol. The summed E-state index contributed by atoms with van der Waals surface area (Å²) in [4.78, 5) is 11.3. The molecule has 3 aromatic heterocycles. The third-order valence-electron chi connectivity index (χ3n) is 6.55. The summed E-state index contributed by atoms with van der Waals surface area (Å²) in [5.41, 5.74) is 4.30. The summed E-state index contributed by atoms with van der Waals surface area (Å²) in [5, 5.41) is 17.5. The second kappa shape index (κ2) is 10.7. The van der Waals surface area contributed by atoms with E-state index in [0.29, 0.717) is 18.0 Å². The molecule has 35 heavy (non-hydrogen) atoms. The first-order chi connectivity index (χ1) is 16.6. The van der Waals surface area contributed by atoms with Crippen molar-refractivity contribution in [2.75, 3.05) is 24.6 Å². The SMILES string of the molecule is Cc1cc(-c2cc3c(nnn3C)c(C#N)n2)ccc1OCCC1CCN(c2ccccn2)CC1.Cl. The van der Waals surface area contributed by atoms with E-state index < -0.39 is 0 Å². The third kappa shape index (κ3) is 5.20. The van der Waals surface area contributed by atoms with Gasteiger partial charge in [-0.05, 0) is 74.1 Å². The maximum absolute atomic E-state index is 9.48. The number of ether oxygens (including phenoxy) is 1. The molecule has 1 fully saturated rings. The molecular formula is C26H28ClN7O. The second-order valence-electron chi connectivity index (χ2n) is 8.78. The van der Waals surface area contributed by atoms with Gasteiger partial charge in [0.1, 0.15) is 23.2 Å². The van der Waals surface area contributed by atoms with Crippen molar-refractivity contribution in [2.24, 2.45) is 13.0 Å². The van der Waals surface area contributed by atoms with E-state index in [-0.39, 0.29) is 18.1 Å². The van der Waals surface area contributed by atoms with Crippen LogP contribution in [0.1, 0.15) is 30.5 Å². The van der Waals surface area contributed by atoms with E-state index in [4.69, 9.17) is 4.74 Å². The van der Waals surface area contributed by atoms with E-state index in [1.54, 1.807) is 4.68 Å². The minimum absolute atomic E-state index is 0. The summed E-state index contributed by atoms with van der Waals surface area (Å²) in [6.45, 7) is 4.84. The number of anilines is 1. The number of pyridine rings is 2. The van der Waals surface area contributed by atoms with E-state index >= 15 is 0 Å². The van der Waals surface area contributed by atoms with Crippen molar-refractivity contribution in [1.29, 1.82) is 5.26 Å². The van der Waals surface area contributed by atoms with E-state index in [2.05, 4.69) is 43.4 Å². The molecule has 0 bridgehead atoms. The maximum atomic E-state index is 9.48. The van der Waals surface area contributed by atoms with Gasteiger partial charge in [-0.1, -0.05) is 11.3 Å². The first-order valence-corrected chi connectivity index (χ1v) is 11.6. The summed E-state index contributed by atoms with van der Waals surface area (Å²) in [6.07, 6.45) is 5.23. The number of benzene rings is 1. The molecule has 0 saturated carbocycles. The highest BCUT2D eigenvalue weighted by Gasteiger charge is 2.20. The molecule has 1 aromatic carbocycles. The minimum atomic E-state index is 0. The zero-order valence-electron chi connectivity index (χ0n) is 19.9. The van der Waals surface area contributed by atoms with Crippen LogP contribution in [0.4, 0.5) is 5.82 Å². The number of aromatic nitrogens is 5. The van der Waals surface area contributed by atoms with Crippen molar-refractivity contribution in [3.8, 4) is 23.1 Å². The van der Waals surface area contributed by atoms with Crippen molar-refractivity contribution in [2.45, 2.75) is 26.2 Å². The average Bonchev–Trinajstić information content (AvgIpc) is 3.26. The molecule has 0 unspecified atom stereocenters. The Morgan fingerprint density at radius 2 is 1.97 bits per heavy atom. The highest BCUT2D eigenvalue weighted by atomic mass is 35.5. The van der Waals surface area contributed by atoms with Gasteiger partial charge in [0.2, 0.25) is 0 Å². The summed E-state index contributed by atoms with van der Waals surface area (Å²) >= 11 is 0. The average molecular weight is 490 g/mol. The van der Waals surface area contributed by atoms with Gasteiger partial charge in [0.15, 0.2) is 5.69 Å². The number of aryl methyl sites for hydroxylation is 2. The lowest BCUT2D eigenvalue weighted by molar-refractivity contribution is 0.257. The fourth-order valence-corrected chi connectivity index (χ4v) is 4.55. The molecule has 4 heterocycles. The van der Waals surface area contributed by atoms with Crippen LogP contribution in [0.25, 0.3) is 22.3 Å². The van der Waals surface area contributed by atoms with Gasteiger partial charge in [-0.25, -0.2) is 14.6 Å². The molecule has 8 nitrogen and oxygen atoms in total. The Bertz CT molecular complexity index is 1340. The van der Waals surface area contributed by atoms with Gasteiger partial charge < -0.3 is 9.64 Å². The molecule has 0 atom stereocenters. The largest absolute Gasteiger partial charge is 0.493 e. The Morgan fingerprint density at radius 1 is 1.14 bits per heavy atom. The first kappa shape index (κ1) is 24.4. The van der Waals surface area contributed by atoms with Gasteiger partial charge in [0, 0.05) is 31.9 Å². The molecule has 9 heteroatoms. The molecule has 5 rings (SSSR count). The topological polar surface area (TPSA) is 92.8 Å². The normalized spacial score (nSPS) is 13.9. The number of hydrogen-bond donors (Lipinski definition) is 0. The summed E-state index contributed by atoms with van der Waals surface area (Å²) in [5.74, 6) is 2.63. The Labute approximate surface area is 211 Å². The van der Waals surface area contributed by atoms with Crippen LogP contribution >= 0.6 is 12.4 Å². The maximum Gasteiger partial charge on any atom is 0.170 e. The van der Waals surface area contributed by atoms with E-state index in [1.807, 2.05) is 50.5 Å². The lowest BCUT2D eigenvalue weighted by Gasteiger charge is -2.32. The fourth-order valence-electron chi connectivity index (χ4n) is 4.55. The smallest absolute Gasteiger partial charge is 0.170 e. The van der Waals surface area contributed by atoms with E-state index in [9.17, 15) is 5.26 Å². The van der Waals surface area contributed by atoms with Crippen LogP contribution in [0.2, 0.25) is 0 Å². The van der Waals surface area contributed by atoms with Crippen LogP contribution in [0.3, 0.4) is 0 Å². The van der Waals surface area contributed by atoms with Crippen LogP contribution < -0.4 is 9.64 Å². The standard InChI is InChI=1S/C26H27N7O.ClH/c1-18-15-20(21-16-23-26(22(17-27)29-21)30-31-32(23)2)6-7-24(18)34-14-10-19-8-12-33(13-9-19)25-5-3-4-11-28-25;/h3-7,11,15-16,19H,8-10,12-14H2,1-2H3;1H. The van der Waals surface area contributed by atoms with Crippen LogP contribution in [-0.4, -0.2) is 44.7 Å². The van der Waals surface area contributed by atoms with E-state index in [0.717, 1.165) is 66.3 Å². The summed E-state index contributed by atoms with van der Waals surface area (Å²) < 4.78 is 7.80. The molecule has 0 aliphatic carbocycles. The zero-order chi connectivity index (χ0) is 23.5. The molecule has 1 aliphatic heterocycles. The lowest BCUT2D eigenvalue weighted by atomic mass is 9.94. The second-order valence-corrected chi connectivity index (χ2v) is 8.78. The summed E-state index contributed by atoms with van der Waals surface area (Å²) in [6, 6.07) is 16.2. The molecule has 0 radical (unpaired) electrons. The molecule has 1 aliphatic rings. The number of fused-ring (bicyclic) bond motifs is 1. The number of nitriles is 1. The summed E-state index contributed by atoms with van der Waals surface area (Å²) in [7, 11) is 1.81. The fraction of sp³-hybridized carbons (Fsp3) is 0.346. The van der Waals surface area contributed by atoms with Crippen LogP contribution in [-0.2, 0) is 7.05 Å². The van der Waals surface area contributed by atoms with Crippen molar-refractivity contribution in [3.63, 3.8) is 0 Å². The molecule has 0 N–H and O–H groups in total. The predicted molar refractivity (Wildman–Crippen MR) is 138 cm³/mol. The number of nitrogens with zero attached hydrogens (tertiary/aromatic N) is 7. The molecule has 180 valence electrons. The Morgan fingerprint density at radius 3 is 2.69 bits per heavy atom. The van der Waals surface area contributed by atoms with Crippen molar-refractivity contribution in [3.05, 3.63) is 59.9 Å². The molecule has 0 spiro atoms. The van der Waals surface area contributed by atoms with Crippen LogP contribution in [0.5, 0.6) is 5.75 Å². The van der Waals surface area contributed by atoms with Gasteiger partial charge in [-0.2, -0.15) is 5.26 Å². The van der Waals surface area contributed by atoms with Gasteiger partial charge in [0.25, 0.3) is 0 Å². The monoisotopic (exact) mass is 489 g/mol. The first-order valence-electron chi connectivity index (χ1n) is 11.6. The number of rotatable bonds is 6. The van der Waals surface area contributed by atoms with Crippen molar-refractivity contribution < 1.29 is 4.74 Å². The van der Waals surface area contributed by atoms with Gasteiger partial charge >= 0.3 is 0 Å². The minimum Gasteiger partial charge on any atom is -0.493 e. The Hall–Kier alpha value is -3.70. The Balaban J connectivity index is 0.00000289. The molecule has 1 saturated heterocycles. The molecule has 0 amide bonds. The number of halogens is 1. The van der Waals surface area contributed by atoms with Gasteiger partial charge in [-0.3, -0.25) is 0 Å². The van der Waals surface area contributed by atoms with Gasteiger partial charge in [-0.15, -0.1) is 17.5 Å². The Kier molecular flexibility index (Phi) is 7.47.